The van der Waals surface area contributed by atoms with Crippen LogP contribution in [0.2, 0.25) is 10.0 Å². The lowest BCUT2D eigenvalue weighted by Gasteiger charge is -2.12. The molecule has 1 unspecified atom stereocenters. The summed E-state index contributed by atoms with van der Waals surface area (Å²) >= 11 is 12.4. The van der Waals surface area contributed by atoms with Gasteiger partial charge < -0.3 is 14.2 Å². The van der Waals surface area contributed by atoms with Crippen LogP contribution in [-0.2, 0) is 17.9 Å². The third kappa shape index (κ3) is 5.01. The van der Waals surface area contributed by atoms with Crippen LogP contribution in [0.15, 0.2) is 53.3 Å². The first-order valence-electron chi connectivity index (χ1n) is 9.63. The molecule has 1 aromatic heterocycles. The number of alkyl halides is 1. The third-order valence-corrected chi connectivity index (χ3v) is 5.57. The van der Waals surface area contributed by atoms with Crippen molar-refractivity contribution in [3.63, 3.8) is 0 Å². The lowest BCUT2D eigenvalue weighted by atomic mass is 10.1. The van der Waals surface area contributed by atoms with Crippen LogP contribution in [0.5, 0.6) is 11.8 Å². The Hall–Kier alpha value is -2.61. The molecule has 0 N–H and O–H groups in total. The van der Waals surface area contributed by atoms with Crippen molar-refractivity contribution in [2.75, 3.05) is 19.9 Å². The van der Waals surface area contributed by atoms with Gasteiger partial charge in [0.25, 0.3) is 5.56 Å². The van der Waals surface area contributed by atoms with Gasteiger partial charge in [0.05, 0.1) is 35.5 Å². The van der Waals surface area contributed by atoms with Gasteiger partial charge in [-0.3, -0.25) is 9.36 Å². The van der Waals surface area contributed by atoms with Gasteiger partial charge in [-0.05, 0) is 23.8 Å². The molecule has 2 heterocycles. The van der Waals surface area contributed by atoms with E-state index in [-0.39, 0.29) is 31.9 Å². The molecule has 0 amide bonds. The van der Waals surface area contributed by atoms with Gasteiger partial charge in [-0.15, -0.1) is 0 Å². The molecule has 1 atom stereocenters. The molecule has 0 aliphatic carbocycles. The average molecular weight is 465 g/mol. The van der Waals surface area contributed by atoms with E-state index in [0.717, 1.165) is 11.1 Å². The minimum Gasteiger partial charge on any atom is -0.490 e. The summed E-state index contributed by atoms with van der Waals surface area (Å²) < 4.78 is 30.8. The summed E-state index contributed by atoms with van der Waals surface area (Å²) in [6.07, 6.45) is -0.323. The predicted molar refractivity (Wildman–Crippen MR) is 116 cm³/mol. The van der Waals surface area contributed by atoms with Crippen molar-refractivity contribution in [3.05, 3.63) is 74.6 Å². The van der Waals surface area contributed by atoms with Crippen molar-refractivity contribution < 1.29 is 18.6 Å². The summed E-state index contributed by atoms with van der Waals surface area (Å²) in [7, 11) is 0. The minimum absolute atomic E-state index is 0.0321. The van der Waals surface area contributed by atoms with E-state index in [1.165, 1.54) is 6.07 Å². The predicted octanol–water partition coefficient (Wildman–Crippen LogP) is 4.54. The van der Waals surface area contributed by atoms with Crippen molar-refractivity contribution in [1.82, 2.24) is 9.55 Å². The standard InChI is InChI=1S/C22H19Cl2FN2O4/c23-19-3-1-2-18(21(19)24)14-4-6-16(7-5-14)30-13-17-11-27-15(12-29-9-8-25)10-20(28)26-22(27)31-17/h1-7,10,17H,8-9,11-13H2. The number of benzene rings is 2. The van der Waals surface area contributed by atoms with Crippen LogP contribution < -0.4 is 15.0 Å². The lowest BCUT2D eigenvalue weighted by Crippen LogP contribution is -2.23. The lowest BCUT2D eigenvalue weighted by molar-refractivity contribution is 0.101. The zero-order valence-corrected chi connectivity index (χ0v) is 17.9. The molecule has 1 aliphatic heterocycles. The van der Waals surface area contributed by atoms with Gasteiger partial charge in [0.1, 0.15) is 19.0 Å². The maximum atomic E-state index is 12.3. The highest BCUT2D eigenvalue weighted by Crippen LogP contribution is 2.34. The molecule has 2 aromatic carbocycles. The molecule has 0 spiro atoms. The first kappa shape index (κ1) is 21.6. The summed E-state index contributed by atoms with van der Waals surface area (Å²) in [6, 6.07) is 14.5. The maximum absolute atomic E-state index is 12.3. The Kier molecular flexibility index (Phi) is 6.75. The van der Waals surface area contributed by atoms with Gasteiger partial charge in [0, 0.05) is 11.6 Å². The molecule has 0 bridgehead atoms. The summed E-state index contributed by atoms with van der Waals surface area (Å²) in [6.45, 7) is 0.207. The Balaban J connectivity index is 1.39. The molecule has 4 rings (SSSR count). The van der Waals surface area contributed by atoms with Gasteiger partial charge in [0.2, 0.25) is 0 Å². The number of halogens is 3. The van der Waals surface area contributed by atoms with Gasteiger partial charge >= 0.3 is 6.01 Å². The topological polar surface area (TPSA) is 62.6 Å². The normalized spacial score (nSPS) is 14.9. The molecule has 0 saturated carbocycles. The molecule has 3 aromatic rings. The third-order valence-electron chi connectivity index (χ3n) is 4.76. The number of nitrogens with zero attached hydrogens (tertiary/aromatic N) is 2. The van der Waals surface area contributed by atoms with E-state index >= 15 is 0 Å². The molecule has 31 heavy (non-hydrogen) atoms. The summed E-state index contributed by atoms with van der Waals surface area (Å²) in [4.78, 5) is 15.7. The maximum Gasteiger partial charge on any atom is 0.300 e. The first-order valence-corrected chi connectivity index (χ1v) is 10.4. The largest absolute Gasteiger partial charge is 0.490 e. The van der Waals surface area contributed by atoms with Gasteiger partial charge in [-0.25, -0.2) is 4.39 Å². The Bertz CT molecular complexity index is 1120. The second-order valence-corrected chi connectivity index (χ2v) is 7.68. The van der Waals surface area contributed by atoms with E-state index in [9.17, 15) is 9.18 Å². The fourth-order valence-corrected chi connectivity index (χ4v) is 3.70. The van der Waals surface area contributed by atoms with Crippen molar-refractivity contribution in [2.45, 2.75) is 19.3 Å². The Morgan fingerprint density at radius 1 is 1.19 bits per heavy atom. The van der Waals surface area contributed by atoms with E-state index in [4.69, 9.17) is 37.4 Å². The second-order valence-electron chi connectivity index (χ2n) is 6.90. The highest BCUT2D eigenvalue weighted by atomic mass is 35.5. The molecule has 0 fully saturated rings. The van der Waals surface area contributed by atoms with Crippen LogP contribution in [0.4, 0.5) is 4.39 Å². The van der Waals surface area contributed by atoms with E-state index < -0.39 is 12.2 Å². The molecule has 1 aliphatic rings. The Morgan fingerprint density at radius 2 is 2.00 bits per heavy atom. The Labute approximate surface area is 188 Å². The summed E-state index contributed by atoms with van der Waals surface area (Å²) in [5.74, 6) is 0.662. The van der Waals surface area contributed by atoms with E-state index in [0.29, 0.717) is 28.0 Å². The number of fused-ring (bicyclic) bond motifs is 1. The highest BCUT2D eigenvalue weighted by Gasteiger charge is 2.26. The van der Waals surface area contributed by atoms with E-state index in [1.807, 2.05) is 36.4 Å². The van der Waals surface area contributed by atoms with Crippen molar-refractivity contribution in [1.29, 1.82) is 0 Å². The molecule has 162 valence electrons. The monoisotopic (exact) mass is 464 g/mol. The minimum atomic E-state index is -0.586. The van der Waals surface area contributed by atoms with Crippen molar-refractivity contribution in [3.8, 4) is 22.9 Å². The quantitative estimate of drug-likeness (QED) is 0.457. The first-order chi connectivity index (χ1) is 15.0. The van der Waals surface area contributed by atoms with Crippen LogP contribution in [0.1, 0.15) is 5.69 Å². The van der Waals surface area contributed by atoms with E-state index in [2.05, 4.69) is 4.98 Å². The number of aromatic nitrogens is 2. The van der Waals surface area contributed by atoms with E-state index in [1.54, 1.807) is 10.6 Å². The number of rotatable bonds is 8. The summed E-state index contributed by atoms with van der Waals surface area (Å²) in [5.41, 5.74) is 1.93. The van der Waals surface area contributed by atoms with Gasteiger partial charge in [-0.1, -0.05) is 47.5 Å². The van der Waals surface area contributed by atoms with Crippen LogP contribution in [0.3, 0.4) is 0 Å². The molecule has 9 heteroatoms. The average Bonchev–Trinajstić information content (AvgIpc) is 3.18. The van der Waals surface area contributed by atoms with Crippen LogP contribution >= 0.6 is 23.2 Å². The van der Waals surface area contributed by atoms with Gasteiger partial charge in [0.15, 0.2) is 6.10 Å². The molecule has 6 nitrogen and oxygen atoms in total. The number of ether oxygens (including phenoxy) is 3. The molecular formula is C22H19Cl2FN2O4. The molecule has 0 radical (unpaired) electrons. The van der Waals surface area contributed by atoms with Crippen LogP contribution in [-0.4, -0.2) is 35.5 Å². The number of hydrogen-bond acceptors (Lipinski definition) is 5. The number of hydrogen-bond donors (Lipinski definition) is 0. The Morgan fingerprint density at radius 3 is 2.77 bits per heavy atom. The fraction of sp³-hybridized carbons (Fsp3) is 0.273. The van der Waals surface area contributed by atoms with Crippen molar-refractivity contribution in [2.24, 2.45) is 0 Å². The SMILES string of the molecule is O=c1cc(COCCF)n2c(n1)OC(COc1ccc(-c3cccc(Cl)c3Cl)cc1)C2. The smallest absolute Gasteiger partial charge is 0.300 e. The highest BCUT2D eigenvalue weighted by molar-refractivity contribution is 6.43. The van der Waals surface area contributed by atoms with Crippen LogP contribution in [0.25, 0.3) is 11.1 Å². The second kappa shape index (κ2) is 9.68. The zero-order chi connectivity index (χ0) is 21.8. The molecular weight excluding hydrogens is 446 g/mol. The molecule has 0 saturated heterocycles. The zero-order valence-electron chi connectivity index (χ0n) is 16.4. The van der Waals surface area contributed by atoms with Crippen molar-refractivity contribution >= 4 is 23.2 Å². The fourth-order valence-electron chi connectivity index (χ4n) is 3.29. The van der Waals surface area contributed by atoms with Gasteiger partial charge in [-0.2, -0.15) is 4.98 Å². The van der Waals surface area contributed by atoms with Crippen LogP contribution in [0, 0.1) is 0 Å². The summed E-state index contributed by atoms with van der Waals surface area (Å²) in [5, 5.41) is 1.00.